The Hall–Kier alpha value is -1.62. The molecule has 5 nitrogen and oxygen atoms in total. The summed E-state index contributed by atoms with van der Waals surface area (Å²) in [5.41, 5.74) is 2.04. The first-order chi connectivity index (χ1) is 8.19. The van der Waals surface area contributed by atoms with Crippen LogP contribution in [0.15, 0.2) is 18.3 Å². The van der Waals surface area contributed by atoms with Crippen molar-refractivity contribution in [3.8, 4) is 0 Å². The smallest absolute Gasteiger partial charge is 0.243 e. The highest BCUT2D eigenvalue weighted by molar-refractivity contribution is 5.45. The summed E-state index contributed by atoms with van der Waals surface area (Å²) < 4.78 is 7.20. The van der Waals surface area contributed by atoms with Gasteiger partial charge in [0.05, 0.1) is 6.10 Å². The summed E-state index contributed by atoms with van der Waals surface area (Å²) in [5, 5.41) is 7.49. The molecule has 0 aliphatic rings. The minimum absolute atomic E-state index is 0.161. The number of ether oxygens (including phenoxy) is 1. The van der Waals surface area contributed by atoms with Crippen LogP contribution in [0.3, 0.4) is 0 Å². The highest BCUT2D eigenvalue weighted by Crippen LogP contribution is 2.07. The Morgan fingerprint density at radius 3 is 3.12 bits per heavy atom. The van der Waals surface area contributed by atoms with Gasteiger partial charge in [0, 0.05) is 19.3 Å². The zero-order valence-electron chi connectivity index (χ0n) is 10.5. The summed E-state index contributed by atoms with van der Waals surface area (Å²) in [4.78, 5) is 4.39. The second-order valence-corrected chi connectivity index (χ2v) is 4.09. The van der Waals surface area contributed by atoms with Gasteiger partial charge in [-0.2, -0.15) is 4.98 Å². The Morgan fingerprint density at radius 2 is 2.35 bits per heavy atom. The summed E-state index contributed by atoms with van der Waals surface area (Å²) in [6.45, 7) is 7.49. The van der Waals surface area contributed by atoms with Crippen molar-refractivity contribution in [1.29, 1.82) is 0 Å². The molecule has 0 amide bonds. The van der Waals surface area contributed by atoms with Gasteiger partial charge in [0.25, 0.3) is 0 Å². The molecule has 0 aliphatic carbocycles. The molecule has 92 valence electrons. The molecule has 0 saturated heterocycles. The second kappa shape index (κ2) is 5.14. The lowest BCUT2D eigenvalue weighted by Crippen LogP contribution is -2.20. The van der Waals surface area contributed by atoms with Crippen LogP contribution in [0.1, 0.15) is 19.4 Å². The molecule has 0 radical (unpaired) electrons. The molecule has 0 aromatic carbocycles. The van der Waals surface area contributed by atoms with Crippen molar-refractivity contribution in [2.45, 2.75) is 26.9 Å². The zero-order valence-corrected chi connectivity index (χ0v) is 10.5. The standard InChI is InChI=1S/C12H18N4O/c1-4-17-10(3)8-13-12-14-11-7-9(2)5-6-16(11)15-12/h5-7,10H,4,8H2,1-3H3,(H,13,15). The molecule has 0 spiro atoms. The zero-order chi connectivity index (χ0) is 12.3. The Morgan fingerprint density at radius 1 is 1.53 bits per heavy atom. The number of fused-ring (bicyclic) bond motifs is 1. The van der Waals surface area contributed by atoms with E-state index in [1.54, 1.807) is 4.52 Å². The Kier molecular flexibility index (Phi) is 3.58. The van der Waals surface area contributed by atoms with E-state index in [1.165, 1.54) is 5.56 Å². The molecule has 0 fully saturated rings. The number of pyridine rings is 1. The highest BCUT2D eigenvalue weighted by atomic mass is 16.5. The van der Waals surface area contributed by atoms with Crippen LogP contribution < -0.4 is 5.32 Å². The number of anilines is 1. The van der Waals surface area contributed by atoms with Crippen molar-refractivity contribution in [2.75, 3.05) is 18.5 Å². The van der Waals surface area contributed by atoms with Gasteiger partial charge in [0.2, 0.25) is 5.95 Å². The van der Waals surface area contributed by atoms with E-state index >= 15 is 0 Å². The van der Waals surface area contributed by atoms with E-state index in [2.05, 4.69) is 15.4 Å². The van der Waals surface area contributed by atoms with Gasteiger partial charge in [-0.05, 0) is 38.5 Å². The summed E-state index contributed by atoms with van der Waals surface area (Å²) in [6, 6.07) is 4.01. The summed E-state index contributed by atoms with van der Waals surface area (Å²) >= 11 is 0. The van der Waals surface area contributed by atoms with E-state index < -0.39 is 0 Å². The van der Waals surface area contributed by atoms with Crippen molar-refractivity contribution in [3.05, 3.63) is 23.9 Å². The van der Waals surface area contributed by atoms with Gasteiger partial charge in [0.15, 0.2) is 5.65 Å². The van der Waals surface area contributed by atoms with Gasteiger partial charge in [-0.15, -0.1) is 5.10 Å². The first kappa shape index (κ1) is 11.9. The van der Waals surface area contributed by atoms with Crippen LogP contribution >= 0.6 is 0 Å². The molecule has 1 atom stereocenters. The van der Waals surface area contributed by atoms with Crippen molar-refractivity contribution in [3.63, 3.8) is 0 Å². The normalized spacial score (nSPS) is 12.9. The maximum atomic E-state index is 5.43. The van der Waals surface area contributed by atoms with Crippen molar-refractivity contribution < 1.29 is 4.74 Å². The number of aromatic nitrogens is 3. The van der Waals surface area contributed by atoms with E-state index in [-0.39, 0.29) is 6.10 Å². The second-order valence-electron chi connectivity index (χ2n) is 4.09. The van der Waals surface area contributed by atoms with Crippen LogP contribution in [0.5, 0.6) is 0 Å². The van der Waals surface area contributed by atoms with Crippen LogP contribution in [0.2, 0.25) is 0 Å². The lowest BCUT2D eigenvalue weighted by atomic mass is 10.3. The Labute approximate surface area is 101 Å². The number of aryl methyl sites for hydroxylation is 1. The fraction of sp³-hybridized carbons (Fsp3) is 0.500. The van der Waals surface area contributed by atoms with E-state index in [0.717, 1.165) is 12.3 Å². The molecule has 0 saturated carbocycles. The Balaban J connectivity index is 2.04. The average Bonchev–Trinajstić information content (AvgIpc) is 2.68. The number of hydrogen-bond acceptors (Lipinski definition) is 4. The third kappa shape index (κ3) is 2.94. The highest BCUT2D eigenvalue weighted by Gasteiger charge is 2.05. The van der Waals surface area contributed by atoms with E-state index in [0.29, 0.717) is 12.5 Å². The maximum Gasteiger partial charge on any atom is 0.243 e. The van der Waals surface area contributed by atoms with Crippen molar-refractivity contribution >= 4 is 11.6 Å². The van der Waals surface area contributed by atoms with Crippen LogP contribution in [-0.2, 0) is 4.74 Å². The minimum Gasteiger partial charge on any atom is -0.377 e. The third-order valence-corrected chi connectivity index (χ3v) is 2.49. The molecule has 5 heteroatoms. The quantitative estimate of drug-likeness (QED) is 0.858. The average molecular weight is 234 g/mol. The number of nitrogens with zero attached hydrogens (tertiary/aromatic N) is 3. The number of rotatable bonds is 5. The summed E-state index contributed by atoms with van der Waals surface area (Å²) in [5.74, 6) is 0.641. The van der Waals surface area contributed by atoms with Gasteiger partial charge in [-0.1, -0.05) is 0 Å². The largest absolute Gasteiger partial charge is 0.377 e. The van der Waals surface area contributed by atoms with Gasteiger partial charge in [-0.25, -0.2) is 4.52 Å². The molecule has 2 rings (SSSR count). The van der Waals surface area contributed by atoms with Crippen LogP contribution in [-0.4, -0.2) is 33.9 Å². The van der Waals surface area contributed by atoms with Gasteiger partial charge in [-0.3, -0.25) is 0 Å². The summed E-state index contributed by atoms with van der Waals surface area (Å²) in [7, 11) is 0. The molecule has 2 aromatic heterocycles. The van der Waals surface area contributed by atoms with Crippen LogP contribution in [0, 0.1) is 6.92 Å². The lowest BCUT2D eigenvalue weighted by molar-refractivity contribution is 0.0854. The van der Waals surface area contributed by atoms with Gasteiger partial charge in [0.1, 0.15) is 0 Å². The van der Waals surface area contributed by atoms with E-state index in [4.69, 9.17) is 4.74 Å². The maximum absolute atomic E-state index is 5.43. The molecule has 2 heterocycles. The van der Waals surface area contributed by atoms with Gasteiger partial charge < -0.3 is 10.1 Å². The molecule has 17 heavy (non-hydrogen) atoms. The lowest BCUT2D eigenvalue weighted by Gasteiger charge is -2.10. The van der Waals surface area contributed by atoms with Gasteiger partial charge >= 0.3 is 0 Å². The first-order valence-corrected chi connectivity index (χ1v) is 5.87. The SMILES string of the molecule is CCOC(C)CNc1nc2cc(C)ccn2n1. The first-order valence-electron chi connectivity index (χ1n) is 5.87. The van der Waals surface area contributed by atoms with Crippen molar-refractivity contribution in [2.24, 2.45) is 0 Å². The molecule has 2 aromatic rings. The van der Waals surface area contributed by atoms with E-state index in [1.807, 2.05) is 39.1 Å². The van der Waals surface area contributed by atoms with Crippen LogP contribution in [0.25, 0.3) is 5.65 Å². The fourth-order valence-electron chi connectivity index (χ4n) is 1.64. The molecule has 0 aliphatic heterocycles. The molecule has 0 bridgehead atoms. The molecular weight excluding hydrogens is 216 g/mol. The molecule has 1 N–H and O–H groups in total. The Bertz CT molecular complexity index is 494. The summed E-state index contributed by atoms with van der Waals surface area (Å²) in [6.07, 6.45) is 2.07. The topological polar surface area (TPSA) is 51.5 Å². The molecule has 1 unspecified atom stereocenters. The number of hydrogen-bond donors (Lipinski definition) is 1. The fourth-order valence-corrected chi connectivity index (χ4v) is 1.64. The predicted molar refractivity (Wildman–Crippen MR) is 67.3 cm³/mol. The number of nitrogens with one attached hydrogen (secondary N) is 1. The van der Waals surface area contributed by atoms with E-state index in [9.17, 15) is 0 Å². The van der Waals surface area contributed by atoms with Crippen molar-refractivity contribution in [1.82, 2.24) is 14.6 Å². The third-order valence-electron chi connectivity index (χ3n) is 2.49. The monoisotopic (exact) mass is 234 g/mol. The van der Waals surface area contributed by atoms with Crippen LogP contribution in [0.4, 0.5) is 5.95 Å². The predicted octanol–water partition coefficient (Wildman–Crippen LogP) is 1.87. The minimum atomic E-state index is 0.161. The molecular formula is C12H18N4O.